The van der Waals surface area contributed by atoms with E-state index in [1.54, 1.807) is 7.05 Å². The Morgan fingerprint density at radius 2 is 1.92 bits per heavy atom. The summed E-state index contributed by atoms with van der Waals surface area (Å²) in [5, 5.41) is 14.3. The van der Waals surface area contributed by atoms with Crippen LogP contribution in [-0.4, -0.2) is 31.4 Å². The molecule has 2 aromatic carbocycles. The van der Waals surface area contributed by atoms with E-state index in [0.717, 1.165) is 11.3 Å². The van der Waals surface area contributed by atoms with Crippen molar-refractivity contribution in [3.63, 3.8) is 0 Å². The minimum atomic E-state index is -0.325. The number of tetrazole rings is 1. The second kappa shape index (κ2) is 8.48. The molecule has 0 aliphatic carbocycles. The molecule has 1 N–H and O–H groups in total. The van der Waals surface area contributed by atoms with E-state index in [1.165, 1.54) is 16.4 Å². The van der Waals surface area contributed by atoms with E-state index in [0.29, 0.717) is 17.5 Å². The number of anilines is 1. The number of nitrogens with zero attached hydrogens (tertiary/aromatic N) is 4. The molecule has 1 atom stereocenters. The molecule has 0 fully saturated rings. The van der Waals surface area contributed by atoms with Crippen molar-refractivity contribution in [3.05, 3.63) is 60.2 Å². The van der Waals surface area contributed by atoms with Crippen LogP contribution in [0.25, 0.3) is 0 Å². The summed E-state index contributed by atoms with van der Waals surface area (Å²) in [7, 11) is 1.74. The summed E-state index contributed by atoms with van der Waals surface area (Å²) in [5.74, 6) is 0.635. The van der Waals surface area contributed by atoms with Crippen LogP contribution in [0.15, 0.2) is 59.8 Å². The van der Waals surface area contributed by atoms with Crippen molar-refractivity contribution in [2.45, 2.75) is 23.9 Å². The molecule has 3 rings (SSSR count). The fourth-order valence-electron chi connectivity index (χ4n) is 2.15. The highest BCUT2D eigenvalue weighted by molar-refractivity contribution is 8.00. The fraction of sp³-hybridized carbons (Fsp3) is 0.222. The molecule has 1 heterocycles. The lowest BCUT2D eigenvalue weighted by Crippen LogP contribution is -2.22. The van der Waals surface area contributed by atoms with Gasteiger partial charge in [-0.25, -0.2) is 4.68 Å². The van der Waals surface area contributed by atoms with Crippen LogP contribution in [-0.2, 0) is 18.4 Å². The number of hydrogen-bond acceptors (Lipinski definition) is 6. The molecule has 8 heteroatoms. The number of benzene rings is 2. The quantitative estimate of drug-likeness (QED) is 0.645. The second-order valence-corrected chi connectivity index (χ2v) is 6.94. The van der Waals surface area contributed by atoms with Crippen molar-refractivity contribution in [1.29, 1.82) is 0 Å². The fourth-order valence-corrected chi connectivity index (χ4v) is 2.91. The van der Waals surface area contributed by atoms with Gasteiger partial charge in [-0.05, 0) is 47.2 Å². The number of carbonyl (C=O) groups is 1. The first-order valence-electron chi connectivity index (χ1n) is 8.08. The van der Waals surface area contributed by atoms with Crippen LogP contribution in [0.1, 0.15) is 12.5 Å². The van der Waals surface area contributed by atoms with Gasteiger partial charge in [-0.3, -0.25) is 4.79 Å². The van der Waals surface area contributed by atoms with E-state index >= 15 is 0 Å². The van der Waals surface area contributed by atoms with Crippen molar-refractivity contribution in [3.8, 4) is 5.75 Å². The largest absolute Gasteiger partial charge is 0.489 e. The van der Waals surface area contributed by atoms with Crippen molar-refractivity contribution in [2.75, 3.05) is 5.32 Å². The number of amides is 1. The van der Waals surface area contributed by atoms with Gasteiger partial charge >= 0.3 is 0 Å². The second-order valence-electron chi connectivity index (χ2n) is 5.63. The number of aryl methyl sites for hydroxylation is 1. The van der Waals surface area contributed by atoms with E-state index in [2.05, 4.69) is 20.8 Å². The van der Waals surface area contributed by atoms with Gasteiger partial charge in [0.05, 0.1) is 5.25 Å². The molecule has 0 spiro atoms. The lowest BCUT2D eigenvalue weighted by Gasteiger charge is -2.12. The molecule has 0 saturated heterocycles. The molecule has 3 aromatic rings. The van der Waals surface area contributed by atoms with Gasteiger partial charge in [-0.2, -0.15) is 0 Å². The summed E-state index contributed by atoms with van der Waals surface area (Å²) in [4.78, 5) is 12.3. The maximum atomic E-state index is 12.3. The molecule has 0 bridgehead atoms. The highest BCUT2D eigenvalue weighted by Crippen LogP contribution is 2.22. The summed E-state index contributed by atoms with van der Waals surface area (Å²) in [6.45, 7) is 2.32. The van der Waals surface area contributed by atoms with Crippen LogP contribution in [0, 0.1) is 0 Å². The number of carbonyl (C=O) groups excluding carboxylic acids is 1. The molecular formula is C18H19N5O2S. The molecule has 7 nitrogen and oxygen atoms in total. The van der Waals surface area contributed by atoms with Crippen molar-refractivity contribution < 1.29 is 9.53 Å². The highest BCUT2D eigenvalue weighted by atomic mass is 32.2. The number of nitrogens with one attached hydrogen (secondary N) is 1. The maximum absolute atomic E-state index is 12.3. The van der Waals surface area contributed by atoms with E-state index in [-0.39, 0.29) is 11.2 Å². The SMILES string of the molecule is C[C@H](Sc1nnnn1C)C(=O)Nc1ccc(OCc2ccccc2)cc1. The Hall–Kier alpha value is -2.87. The summed E-state index contributed by atoms with van der Waals surface area (Å²) in [6, 6.07) is 17.3. The van der Waals surface area contributed by atoms with E-state index in [4.69, 9.17) is 4.74 Å². The Balaban J connectivity index is 1.51. The Kier molecular flexibility index (Phi) is 5.85. The van der Waals surface area contributed by atoms with Gasteiger partial charge in [0.15, 0.2) is 0 Å². The molecule has 0 radical (unpaired) electrons. The molecular weight excluding hydrogens is 350 g/mol. The van der Waals surface area contributed by atoms with Crippen LogP contribution in [0.2, 0.25) is 0 Å². The van der Waals surface area contributed by atoms with Crippen LogP contribution in [0.4, 0.5) is 5.69 Å². The van der Waals surface area contributed by atoms with E-state index < -0.39 is 0 Å². The first-order valence-corrected chi connectivity index (χ1v) is 8.96. The van der Waals surface area contributed by atoms with Crippen LogP contribution >= 0.6 is 11.8 Å². The van der Waals surface area contributed by atoms with E-state index in [9.17, 15) is 4.79 Å². The molecule has 0 saturated carbocycles. The normalized spacial score (nSPS) is 11.8. The zero-order valence-corrected chi connectivity index (χ0v) is 15.3. The zero-order chi connectivity index (χ0) is 18.4. The van der Waals surface area contributed by atoms with Crippen LogP contribution in [0.5, 0.6) is 5.75 Å². The molecule has 26 heavy (non-hydrogen) atoms. The van der Waals surface area contributed by atoms with Crippen molar-refractivity contribution in [2.24, 2.45) is 7.05 Å². The maximum Gasteiger partial charge on any atom is 0.237 e. The van der Waals surface area contributed by atoms with Gasteiger partial charge in [-0.1, -0.05) is 42.1 Å². The third kappa shape index (κ3) is 4.82. The van der Waals surface area contributed by atoms with Gasteiger partial charge in [0.2, 0.25) is 11.1 Å². The average Bonchev–Trinajstić information content (AvgIpc) is 3.06. The predicted molar refractivity (Wildman–Crippen MR) is 100.0 cm³/mol. The molecule has 134 valence electrons. The van der Waals surface area contributed by atoms with Crippen LogP contribution in [0.3, 0.4) is 0 Å². The van der Waals surface area contributed by atoms with Crippen LogP contribution < -0.4 is 10.1 Å². The predicted octanol–water partition coefficient (Wildman–Crippen LogP) is 2.91. The monoisotopic (exact) mass is 369 g/mol. The summed E-state index contributed by atoms with van der Waals surface area (Å²) in [6.07, 6.45) is 0. The Labute approximate surface area is 155 Å². The summed E-state index contributed by atoms with van der Waals surface area (Å²) in [5.41, 5.74) is 1.82. The third-order valence-electron chi connectivity index (χ3n) is 3.60. The van der Waals surface area contributed by atoms with Gasteiger partial charge in [-0.15, -0.1) is 5.10 Å². The molecule has 1 aromatic heterocycles. The van der Waals surface area contributed by atoms with Gasteiger partial charge in [0, 0.05) is 12.7 Å². The number of hydrogen-bond donors (Lipinski definition) is 1. The number of aromatic nitrogens is 4. The highest BCUT2D eigenvalue weighted by Gasteiger charge is 2.17. The molecule has 1 amide bonds. The average molecular weight is 369 g/mol. The summed E-state index contributed by atoms with van der Waals surface area (Å²) < 4.78 is 7.28. The van der Waals surface area contributed by atoms with Gasteiger partial charge < -0.3 is 10.1 Å². The van der Waals surface area contributed by atoms with Gasteiger partial charge in [0.1, 0.15) is 12.4 Å². The Bertz CT molecular complexity index is 852. The standard InChI is InChI=1S/C18H19N5O2S/c1-13(26-18-20-21-22-23(18)2)17(24)19-15-8-10-16(11-9-15)25-12-14-6-4-3-5-7-14/h3-11,13H,12H2,1-2H3,(H,19,24)/t13-/m0/s1. The first-order chi connectivity index (χ1) is 12.6. The van der Waals surface area contributed by atoms with Crippen molar-refractivity contribution in [1.82, 2.24) is 20.2 Å². The van der Waals surface area contributed by atoms with E-state index in [1.807, 2.05) is 61.5 Å². The third-order valence-corrected chi connectivity index (χ3v) is 4.73. The molecule has 0 aliphatic heterocycles. The number of thioether (sulfide) groups is 1. The molecule has 0 aliphatic rings. The zero-order valence-electron chi connectivity index (χ0n) is 14.5. The Morgan fingerprint density at radius 3 is 2.58 bits per heavy atom. The Morgan fingerprint density at radius 1 is 1.19 bits per heavy atom. The smallest absolute Gasteiger partial charge is 0.237 e. The number of rotatable bonds is 7. The molecule has 0 unspecified atom stereocenters. The topological polar surface area (TPSA) is 81.9 Å². The minimum absolute atomic E-state index is 0.115. The minimum Gasteiger partial charge on any atom is -0.489 e. The van der Waals surface area contributed by atoms with Gasteiger partial charge in [0.25, 0.3) is 0 Å². The summed E-state index contributed by atoms with van der Waals surface area (Å²) >= 11 is 1.30. The first kappa shape index (κ1) is 17.9. The lowest BCUT2D eigenvalue weighted by atomic mass is 10.2. The van der Waals surface area contributed by atoms with Crippen molar-refractivity contribution >= 4 is 23.4 Å². The lowest BCUT2D eigenvalue weighted by molar-refractivity contribution is -0.115. The number of ether oxygens (including phenoxy) is 1.